The minimum Gasteiger partial charge on any atom is -0.378 e. The number of benzene rings is 1. The average Bonchev–Trinajstić information content (AvgIpc) is 2.83. The van der Waals surface area contributed by atoms with E-state index in [2.05, 4.69) is 22.3 Å². The second-order valence-electron chi connectivity index (χ2n) is 5.23. The van der Waals surface area contributed by atoms with Gasteiger partial charge in [-0.15, -0.1) is 0 Å². The first kappa shape index (κ1) is 13.5. The normalized spacial score (nSPS) is 12.6. The largest absolute Gasteiger partial charge is 0.378 e. The van der Waals surface area contributed by atoms with Gasteiger partial charge in [-0.2, -0.15) is 5.10 Å². The van der Waals surface area contributed by atoms with Crippen LogP contribution in [0.1, 0.15) is 29.9 Å². The van der Waals surface area contributed by atoms with Crippen LogP contribution >= 0.6 is 0 Å². The molecular weight excluding hydrogens is 267 g/mol. The lowest BCUT2D eigenvalue weighted by Crippen LogP contribution is -2.11. The molecule has 0 aliphatic rings. The van der Waals surface area contributed by atoms with Gasteiger partial charge >= 0.3 is 0 Å². The van der Waals surface area contributed by atoms with Crippen molar-refractivity contribution >= 4 is 11.3 Å². The highest BCUT2D eigenvalue weighted by Gasteiger charge is 2.13. The lowest BCUT2D eigenvalue weighted by Gasteiger charge is -2.17. The number of hydrogen-bond donors (Lipinski definition) is 1. The van der Waals surface area contributed by atoms with E-state index in [1.807, 2.05) is 30.6 Å². The minimum absolute atomic E-state index is 0.0527. The van der Waals surface area contributed by atoms with Gasteiger partial charge in [0.2, 0.25) is 0 Å². The number of anilines is 1. The Bertz CT molecular complexity index is 777. The highest BCUT2D eigenvalue weighted by Crippen LogP contribution is 2.22. The fraction of sp³-hybridized carbons (Fsp3) is 0.250. The molecule has 2 aromatic heterocycles. The second-order valence-corrected chi connectivity index (χ2v) is 5.23. The van der Waals surface area contributed by atoms with E-state index in [1.165, 1.54) is 12.1 Å². The zero-order valence-electron chi connectivity index (χ0n) is 12.3. The second kappa shape index (κ2) is 5.16. The van der Waals surface area contributed by atoms with Crippen LogP contribution in [0.3, 0.4) is 0 Å². The molecule has 0 aliphatic carbocycles. The minimum atomic E-state index is -0.237. The first-order valence-electron chi connectivity index (χ1n) is 6.88. The molecule has 1 N–H and O–H groups in total. The summed E-state index contributed by atoms with van der Waals surface area (Å²) < 4.78 is 14.8. The Labute approximate surface area is 122 Å². The quantitative estimate of drug-likeness (QED) is 0.798. The van der Waals surface area contributed by atoms with Crippen LogP contribution in [0.4, 0.5) is 10.1 Å². The monoisotopic (exact) mass is 284 g/mol. The summed E-state index contributed by atoms with van der Waals surface area (Å²) in [6.07, 6.45) is 1.87. The molecule has 0 radical (unpaired) electrons. The number of nitrogens with one attached hydrogen (secondary N) is 1. The molecular formula is C16H17FN4. The van der Waals surface area contributed by atoms with Crippen LogP contribution in [-0.2, 0) is 0 Å². The Hall–Kier alpha value is -2.43. The summed E-state index contributed by atoms with van der Waals surface area (Å²) >= 11 is 0. The summed E-state index contributed by atoms with van der Waals surface area (Å²) in [5, 5.41) is 7.80. The average molecular weight is 284 g/mol. The molecule has 5 heteroatoms. The predicted octanol–water partition coefficient (Wildman–Crippen LogP) is 3.66. The van der Waals surface area contributed by atoms with Gasteiger partial charge in [-0.05, 0) is 45.0 Å². The summed E-state index contributed by atoms with van der Waals surface area (Å²) in [7, 11) is 0. The van der Waals surface area contributed by atoms with Gasteiger partial charge in [0.15, 0.2) is 5.65 Å². The van der Waals surface area contributed by atoms with E-state index < -0.39 is 0 Å². The van der Waals surface area contributed by atoms with Crippen LogP contribution in [-0.4, -0.2) is 14.6 Å². The third-order valence-corrected chi connectivity index (χ3v) is 3.58. The molecule has 1 atom stereocenters. The topological polar surface area (TPSA) is 42.2 Å². The third-order valence-electron chi connectivity index (χ3n) is 3.58. The van der Waals surface area contributed by atoms with Crippen LogP contribution in [0.5, 0.6) is 0 Å². The summed E-state index contributed by atoms with van der Waals surface area (Å²) in [5.41, 5.74) is 4.79. The standard InChI is InChI=1S/C16H17FN4/c1-10-8-16-18-9-15(12(3)21(16)20-10)11(2)19-14-6-4-13(17)5-7-14/h4-9,11,19H,1-3H3. The zero-order valence-corrected chi connectivity index (χ0v) is 12.3. The molecule has 0 aliphatic heterocycles. The summed E-state index contributed by atoms with van der Waals surface area (Å²) in [5.74, 6) is -0.237. The van der Waals surface area contributed by atoms with Crippen molar-refractivity contribution in [3.05, 3.63) is 59.3 Å². The lowest BCUT2D eigenvalue weighted by molar-refractivity contribution is 0.628. The summed E-state index contributed by atoms with van der Waals surface area (Å²) in [6.45, 7) is 6.03. The van der Waals surface area contributed by atoms with E-state index >= 15 is 0 Å². The van der Waals surface area contributed by atoms with Gasteiger partial charge in [-0.25, -0.2) is 13.9 Å². The van der Waals surface area contributed by atoms with Crippen LogP contribution < -0.4 is 5.32 Å². The van der Waals surface area contributed by atoms with E-state index in [4.69, 9.17) is 0 Å². The predicted molar refractivity (Wildman–Crippen MR) is 80.9 cm³/mol. The smallest absolute Gasteiger partial charge is 0.155 e. The molecule has 0 fully saturated rings. The molecule has 0 saturated carbocycles. The fourth-order valence-corrected chi connectivity index (χ4v) is 2.47. The maximum Gasteiger partial charge on any atom is 0.155 e. The van der Waals surface area contributed by atoms with E-state index in [9.17, 15) is 4.39 Å². The van der Waals surface area contributed by atoms with E-state index in [0.717, 1.165) is 28.3 Å². The lowest BCUT2D eigenvalue weighted by atomic mass is 10.1. The third kappa shape index (κ3) is 2.59. The van der Waals surface area contributed by atoms with E-state index in [-0.39, 0.29) is 11.9 Å². The van der Waals surface area contributed by atoms with Gasteiger partial charge in [0, 0.05) is 29.2 Å². The Morgan fingerprint density at radius 1 is 1.19 bits per heavy atom. The molecule has 0 spiro atoms. The Morgan fingerprint density at radius 2 is 1.90 bits per heavy atom. The molecule has 1 aromatic carbocycles. The molecule has 2 heterocycles. The SMILES string of the molecule is Cc1cc2ncc(C(C)Nc3ccc(F)cc3)c(C)n2n1. The van der Waals surface area contributed by atoms with Crippen molar-refractivity contribution in [2.24, 2.45) is 0 Å². The number of hydrogen-bond acceptors (Lipinski definition) is 3. The highest BCUT2D eigenvalue weighted by atomic mass is 19.1. The molecule has 3 rings (SSSR count). The van der Waals surface area contributed by atoms with Crippen molar-refractivity contribution in [1.82, 2.24) is 14.6 Å². The summed E-state index contributed by atoms with van der Waals surface area (Å²) in [4.78, 5) is 4.44. The van der Waals surface area contributed by atoms with Crippen molar-refractivity contribution in [3.63, 3.8) is 0 Å². The van der Waals surface area contributed by atoms with Gasteiger partial charge in [-0.1, -0.05) is 0 Å². The first-order valence-corrected chi connectivity index (χ1v) is 6.88. The zero-order chi connectivity index (χ0) is 15.0. The molecule has 0 amide bonds. The van der Waals surface area contributed by atoms with E-state index in [1.54, 1.807) is 12.1 Å². The molecule has 108 valence electrons. The number of aryl methyl sites for hydroxylation is 2. The van der Waals surface area contributed by atoms with Crippen molar-refractivity contribution in [1.29, 1.82) is 0 Å². The van der Waals surface area contributed by atoms with Crippen LogP contribution in [0.2, 0.25) is 0 Å². The van der Waals surface area contributed by atoms with Gasteiger partial charge in [0.1, 0.15) is 5.82 Å². The molecule has 1 unspecified atom stereocenters. The van der Waals surface area contributed by atoms with Gasteiger partial charge in [0.05, 0.1) is 11.7 Å². The molecule has 0 bridgehead atoms. The van der Waals surface area contributed by atoms with E-state index in [0.29, 0.717) is 0 Å². The van der Waals surface area contributed by atoms with Crippen LogP contribution in [0, 0.1) is 19.7 Å². The number of aromatic nitrogens is 3. The molecule has 21 heavy (non-hydrogen) atoms. The fourth-order valence-electron chi connectivity index (χ4n) is 2.47. The molecule has 0 saturated heterocycles. The number of fused-ring (bicyclic) bond motifs is 1. The maximum atomic E-state index is 12.9. The Kier molecular flexibility index (Phi) is 3.33. The first-order chi connectivity index (χ1) is 10.0. The van der Waals surface area contributed by atoms with Crippen molar-refractivity contribution in [2.75, 3.05) is 5.32 Å². The van der Waals surface area contributed by atoms with Crippen LogP contribution in [0.25, 0.3) is 5.65 Å². The maximum absolute atomic E-state index is 12.9. The van der Waals surface area contributed by atoms with Crippen molar-refractivity contribution in [2.45, 2.75) is 26.8 Å². The Morgan fingerprint density at radius 3 is 2.62 bits per heavy atom. The van der Waals surface area contributed by atoms with Crippen molar-refractivity contribution in [3.8, 4) is 0 Å². The van der Waals surface area contributed by atoms with Crippen molar-refractivity contribution < 1.29 is 4.39 Å². The van der Waals surface area contributed by atoms with Gasteiger partial charge in [-0.3, -0.25) is 0 Å². The molecule has 4 nitrogen and oxygen atoms in total. The summed E-state index contributed by atoms with van der Waals surface area (Å²) in [6, 6.07) is 8.35. The number of rotatable bonds is 3. The van der Waals surface area contributed by atoms with Gasteiger partial charge < -0.3 is 5.32 Å². The van der Waals surface area contributed by atoms with Crippen LogP contribution in [0.15, 0.2) is 36.5 Å². The Balaban J connectivity index is 1.92. The van der Waals surface area contributed by atoms with Gasteiger partial charge in [0.25, 0.3) is 0 Å². The molecule has 3 aromatic rings. The number of nitrogens with zero attached hydrogens (tertiary/aromatic N) is 3. The number of halogens is 1. The highest BCUT2D eigenvalue weighted by molar-refractivity contribution is 5.47.